The predicted molar refractivity (Wildman–Crippen MR) is 94.6 cm³/mol. The van der Waals surface area contributed by atoms with Crippen LogP contribution < -0.4 is 5.73 Å². The summed E-state index contributed by atoms with van der Waals surface area (Å²) in [5.41, 5.74) is 8.65. The highest BCUT2D eigenvalue weighted by Gasteiger charge is 2.43. The molecule has 1 saturated heterocycles. The smallest absolute Gasteiger partial charge is 0.0970 e. The number of ether oxygens (including phenoxy) is 1. The maximum atomic E-state index is 6.50. The third-order valence-corrected chi connectivity index (χ3v) is 6.16. The van der Waals surface area contributed by atoms with E-state index in [1.807, 2.05) is 11.3 Å². The van der Waals surface area contributed by atoms with Gasteiger partial charge in [-0.15, -0.1) is 11.3 Å². The van der Waals surface area contributed by atoms with Crippen LogP contribution in [0.3, 0.4) is 0 Å². The quantitative estimate of drug-likeness (QED) is 0.941. The molecular weight excluding hydrogens is 304 g/mol. The van der Waals surface area contributed by atoms with Crippen molar-refractivity contribution in [2.45, 2.75) is 37.5 Å². The Hall–Kier alpha value is -1.20. The number of fused-ring (bicyclic) bond motifs is 2. The van der Waals surface area contributed by atoms with E-state index in [1.54, 1.807) is 0 Å². The van der Waals surface area contributed by atoms with E-state index in [4.69, 9.17) is 10.5 Å². The zero-order valence-corrected chi connectivity index (χ0v) is 14.2. The number of likely N-dealkylation sites (tertiary alicyclic amines) is 1. The van der Waals surface area contributed by atoms with E-state index in [9.17, 15) is 0 Å². The van der Waals surface area contributed by atoms with E-state index < -0.39 is 0 Å². The minimum atomic E-state index is -0.0925. The van der Waals surface area contributed by atoms with Gasteiger partial charge >= 0.3 is 0 Å². The first kappa shape index (κ1) is 15.3. The Balaban J connectivity index is 1.48. The van der Waals surface area contributed by atoms with Gasteiger partial charge in [0.05, 0.1) is 11.7 Å². The summed E-state index contributed by atoms with van der Waals surface area (Å²) in [6.45, 7) is 3.82. The Morgan fingerprint density at radius 3 is 2.70 bits per heavy atom. The Morgan fingerprint density at radius 1 is 1.17 bits per heavy atom. The monoisotopic (exact) mass is 328 g/mol. The molecule has 1 atom stereocenters. The maximum absolute atomic E-state index is 6.50. The van der Waals surface area contributed by atoms with Crippen LogP contribution in [0.2, 0.25) is 0 Å². The lowest BCUT2D eigenvalue weighted by Gasteiger charge is -2.46. The molecule has 2 aliphatic heterocycles. The lowest BCUT2D eigenvalue weighted by Crippen LogP contribution is -2.49. The number of rotatable bonds is 3. The Morgan fingerprint density at radius 2 is 1.96 bits per heavy atom. The number of nitrogens with two attached hydrogens (primary N) is 1. The number of piperidine rings is 1. The van der Waals surface area contributed by atoms with Gasteiger partial charge < -0.3 is 10.5 Å². The van der Waals surface area contributed by atoms with Crippen molar-refractivity contribution in [1.82, 2.24) is 4.90 Å². The molecule has 2 aliphatic rings. The molecule has 3 heterocycles. The number of nitrogens with zero attached hydrogens (tertiary/aromatic N) is 1. The van der Waals surface area contributed by atoms with Gasteiger partial charge in [-0.2, -0.15) is 0 Å². The second kappa shape index (κ2) is 6.36. The molecule has 0 amide bonds. The topological polar surface area (TPSA) is 38.5 Å². The molecule has 1 aromatic carbocycles. The predicted octanol–water partition coefficient (Wildman–Crippen LogP) is 3.14. The van der Waals surface area contributed by atoms with Crippen molar-refractivity contribution in [3.63, 3.8) is 0 Å². The van der Waals surface area contributed by atoms with Crippen LogP contribution in [-0.4, -0.2) is 30.6 Å². The number of hydrogen-bond donors (Lipinski definition) is 1. The van der Waals surface area contributed by atoms with Crippen molar-refractivity contribution >= 4 is 11.3 Å². The van der Waals surface area contributed by atoms with Gasteiger partial charge in [-0.1, -0.05) is 30.3 Å². The Labute approximate surface area is 142 Å². The summed E-state index contributed by atoms with van der Waals surface area (Å²) in [5, 5.41) is 2.21. The first-order valence-electron chi connectivity index (χ1n) is 8.50. The Bertz CT molecular complexity index is 646. The summed E-state index contributed by atoms with van der Waals surface area (Å²) >= 11 is 1.87. The van der Waals surface area contributed by atoms with E-state index in [0.29, 0.717) is 6.54 Å². The lowest BCUT2D eigenvalue weighted by atomic mass is 9.81. The maximum Gasteiger partial charge on any atom is 0.0970 e. The second-order valence-electron chi connectivity index (χ2n) is 6.69. The average Bonchev–Trinajstić information content (AvgIpc) is 3.07. The molecule has 4 heteroatoms. The van der Waals surface area contributed by atoms with Crippen molar-refractivity contribution in [2.24, 2.45) is 5.73 Å². The van der Waals surface area contributed by atoms with E-state index >= 15 is 0 Å². The fourth-order valence-corrected chi connectivity index (χ4v) is 5.00. The summed E-state index contributed by atoms with van der Waals surface area (Å²) < 4.78 is 6.50. The molecule has 0 saturated carbocycles. The number of thiophene rings is 1. The molecule has 23 heavy (non-hydrogen) atoms. The van der Waals surface area contributed by atoms with Crippen LogP contribution in [0.4, 0.5) is 0 Å². The van der Waals surface area contributed by atoms with Gasteiger partial charge in [0.1, 0.15) is 0 Å². The van der Waals surface area contributed by atoms with Gasteiger partial charge in [-0.05, 0) is 35.4 Å². The molecule has 1 fully saturated rings. The van der Waals surface area contributed by atoms with Gasteiger partial charge in [0.2, 0.25) is 0 Å². The van der Waals surface area contributed by atoms with E-state index in [-0.39, 0.29) is 11.7 Å². The summed E-state index contributed by atoms with van der Waals surface area (Å²) in [7, 11) is 0. The van der Waals surface area contributed by atoms with Gasteiger partial charge in [-0.25, -0.2) is 0 Å². The molecule has 0 radical (unpaired) electrons. The van der Waals surface area contributed by atoms with Gasteiger partial charge in [0.25, 0.3) is 0 Å². The third-order valence-electron chi connectivity index (χ3n) is 5.22. The molecule has 2 aromatic rings. The standard InChI is InChI=1S/C19H24N2OS/c20-13-16-12-18-17(6-11-23-18)19(22-16)7-9-21(10-8-19)14-15-4-2-1-3-5-15/h1-6,11,16H,7-10,12-14,20H2. The number of hydrogen-bond acceptors (Lipinski definition) is 4. The summed E-state index contributed by atoms with van der Waals surface area (Å²) in [5.74, 6) is 0. The summed E-state index contributed by atoms with van der Waals surface area (Å²) in [4.78, 5) is 4.03. The SMILES string of the molecule is NCC1Cc2sccc2C2(CCN(Cc3ccccc3)CC2)O1. The zero-order chi connectivity index (χ0) is 15.7. The van der Waals surface area contributed by atoms with Crippen molar-refractivity contribution in [3.8, 4) is 0 Å². The minimum Gasteiger partial charge on any atom is -0.365 e. The van der Waals surface area contributed by atoms with E-state index in [0.717, 1.165) is 38.9 Å². The molecule has 1 spiro atoms. The number of benzene rings is 1. The van der Waals surface area contributed by atoms with Gasteiger partial charge in [-0.3, -0.25) is 4.90 Å². The molecule has 122 valence electrons. The second-order valence-corrected chi connectivity index (χ2v) is 7.69. The van der Waals surface area contributed by atoms with Crippen LogP contribution in [-0.2, 0) is 23.3 Å². The van der Waals surface area contributed by atoms with Crippen molar-refractivity contribution < 1.29 is 4.74 Å². The summed E-state index contributed by atoms with van der Waals surface area (Å²) in [6.07, 6.45) is 3.31. The van der Waals surface area contributed by atoms with E-state index in [1.165, 1.54) is 16.0 Å². The highest BCUT2D eigenvalue weighted by molar-refractivity contribution is 7.10. The van der Waals surface area contributed by atoms with E-state index in [2.05, 4.69) is 46.7 Å². The van der Waals surface area contributed by atoms with Crippen LogP contribution in [0.5, 0.6) is 0 Å². The molecular formula is C19H24N2OS. The highest BCUT2D eigenvalue weighted by atomic mass is 32.1. The van der Waals surface area contributed by atoms with Crippen LogP contribution in [0.1, 0.15) is 28.8 Å². The molecule has 0 aliphatic carbocycles. The average molecular weight is 328 g/mol. The fraction of sp³-hybridized carbons (Fsp3) is 0.474. The molecule has 0 bridgehead atoms. The minimum absolute atomic E-state index is 0.0925. The van der Waals surface area contributed by atoms with Crippen LogP contribution in [0.15, 0.2) is 41.8 Å². The van der Waals surface area contributed by atoms with Gasteiger partial charge in [0, 0.05) is 37.5 Å². The molecule has 4 rings (SSSR count). The molecule has 3 nitrogen and oxygen atoms in total. The third kappa shape index (κ3) is 2.96. The normalized spacial score (nSPS) is 23.8. The summed E-state index contributed by atoms with van der Waals surface area (Å²) in [6, 6.07) is 13.0. The van der Waals surface area contributed by atoms with Crippen molar-refractivity contribution in [3.05, 3.63) is 57.8 Å². The first-order chi connectivity index (χ1) is 11.3. The van der Waals surface area contributed by atoms with Crippen molar-refractivity contribution in [2.75, 3.05) is 19.6 Å². The Kier molecular flexibility index (Phi) is 4.24. The van der Waals surface area contributed by atoms with Crippen LogP contribution in [0.25, 0.3) is 0 Å². The van der Waals surface area contributed by atoms with Crippen molar-refractivity contribution in [1.29, 1.82) is 0 Å². The highest BCUT2D eigenvalue weighted by Crippen LogP contribution is 2.45. The van der Waals surface area contributed by atoms with Crippen LogP contribution >= 0.6 is 11.3 Å². The largest absolute Gasteiger partial charge is 0.365 e. The van der Waals surface area contributed by atoms with Gasteiger partial charge in [0.15, 0.2) is 0 Å². The zero-order valence-electron chi connectivity index (χ0n) is 13.4. The molecule has 1 aromatic heterocycles. The first-order valence-corrected chi connectivity index (χ1v) is 9.38. The lowest BCUT2D eigenvalue weighted by molar-refractivity contribution is -0.136. The molecule has 1 unspecified atom stereocenters. The fourth-order valence-electron chi connectivity index (χ4n) is 3.97. The van der Waals surface area contributed by atoms with Crippen LogP contribution in [0, 0.1) is 0 Å². The molecule has 2 N–H and O–H groups in total.